The van der Waals surface area contributed by atoms with Gasteiger partial charge in [0, 0.05) is 19.6 Å². The van der Waals surface area contributed by atoms with Crippen LogP contribution in [0.5, 0.6) is 0 Å². The number of carbonyl (C=O) groups excluding carboxylic acids is 1. The van der Waals surface area contributed by atoms with E-state index in [-0.39, 0.29) is 18.8 Å². The van der Waals surface area contributed by atoms with Gasteiger partial charge in [-0.25, -0.2) is 0 Å². The smallest absolute Gasteiger partial charge is 0.286 e. The third kappa shape index (κ3) is 5.61. The average Bonchev–Trinajstić information content (AvgIpc) is 3.33. The van der Waals surface area contributed by atoms with Crippen molar-refractivity contribution in [2.45, 2.75) is 52.2 Å². The van der Waals surface area contributed by atoms with Gasteiger partial charge in [0.05, 0.1) is 6.61 Å². The molecule has 0 unspecified atom stereocenters. The highest BCUT2D eigenvalue weighted by Gasteiger charge is 2.30. The van der Waals surface area contributed by atoms with Gasteiger partial charge in [0.2, 0.25) is 6.29 Å². The molecule has 1 aliphatic carbocycles. The molecule has 126 valence electrons. The number of aliphatic hydroxyl groups excluding tert-OH is 1. The number of aliphatic hydroxyl groups is 1. The summed E-state index contributed by atoms with van der Waals surface area (Å²) >= 11 is 0. The molecule has 2 aliphatic rings. The van der Waals surface area contributed by atoms with Crippen molar-refractivity contribution in [3.05, 3.63) is 11.8 Å². The molecule has 1 saturated carbocycles. The molecule has 0 aromatic carbocycles. The van der Waals surface area contributed by atoms with Gasteiger partial charge in [0.1, 0.15) is 0 Å². The number of unbranched alkanes of at least 4 members (excludes halogenated alkanes) is 1. The van der Waals surface area contributed by atoms with Crippen molar-refractivity contribution in [1.29, 1.82) is 0 Å². The quantitative estimate of drug-likeness (QED) is 0.641. The second kappa shape index (κ2) is 8.53. The molecule has 2 rings (SSSR count). The van der Waals surface area contributed by atoms with Gasteiger partial charge in [-0.2, -0.15) is 0 Å². The van der Waals surface area contributed by atoms with Crippen LogP contribution in [-0.2, 0) is 14.3 Å². The highest BCUT2D eigenvalue weighted by Crippen LogP contribution is 2.30. The molecule has 1 heterocycles. The van der Waals surface area contributed by atoms with Gasteiger partial charge in [-0.1, -0.05) is 13.8 Å². The molecule has 1 fully saturated rings. The maximum absolute atomic E-state index is 12.2. The Balaban J connectivity index is 1.86. The number of allylic oxidation sites excluding steroid dienone is 1. The minimum Gasteiger partial charge on any atom is -0.459 e. The van der Waals surface area contributed by atoms with Gasteiger partial charge in [0.25, 0.3) is 5.91 Å². The van der Waals surface area contributed by atoms with Crippen LogP contribution in [0.3, 0.4) is 0 Å². The molecule has 0 saturated heterocycles. The van der Waals surface area contributed by atoms with Gasteiger partial charge in [-0.15, -0.1) is 0 Å². The zero-order valence-electron chi connectivity index (χ0n) is 13.7. The lowest BCUT2D eigenvalue weighted by atomic mass is 9.90. The van der Waals surface area contributed by atoms with Crippen LogP contribution in [0.4, 0.5) is 0 Å². The summed E-state index contributed by atoms with van der Waals surface area (Å²) in [5.41, 5.74) is 0. The van der Waals surface area contributed by atoms with E-state index in [9.17, 15) is 4.79 Å². The maximum Gasteiger partial charge on any atom is 0.286 e. The molecule has 1 amide bonds. The summed E-state index contributed by atoms with van der Waals surface area (Å²) in [6.07, 6.45) is 6.31. The lowest BCUT2D eigenvalue weighted by Gasteiger charge is -2.30. The molecule has 0 aromatic rings. The Hall–Kier alpha value is -1.07. The van der Waals surface area contributed by atoms with Crippen LogP contribution >= 0.6 is 0 Å². The third-order valence-electron chi connectivity index (χ3n) is 4.27. The summed E-state index contributed by atoms with van der Waals surface area (Å²) in [5, 5.41) is 11.7. The molecule has 0 bridgehead atoms. The SMILES string of the molecule is CC(C)[C@H]1C=C(C(=O)NCC2CC2)O[C@@H](OCCCCO)C1. The first-order valence-electron chi connectivity index (χ1n) is 8.49. The van der Waals surface area contributed by atoms with Gasteiger partial charge in [-0.3, -0.25) is 4.79 Å². The summed E-state index contributed by atoms with van der Waals surface area (Å²) < 4.78 is 11.5. The molecular weight excluding hydrogens is 282 g/mol. The van der Waals surface area contributed by atoms with Crippen molar-refractivity contribution in [2.75, 3.05) is 19.8 Å². The molecule has 2 N–H and O–H groups in total. The van der Waals surface area contributed by atoms with Crippen molar-refractivity contribution in [3.8, 4) is 0 Å². The number of amides is 1. The highest BCUT2D eigenvalue weighted by atomic mass is 16.7. The Morgan fingerprint density at radius 1 is 1.45 bits per heavy atom. The summed E-state index contributed by atoms with van der Waals surface area (Å²) in [4.78, 5) is 12.2. The van der Waals surface area contributed by atoms with E-state index >= 15 is 0 Å². The van der Waals surface area contributed by atoms with Crippen molar-refractivity contribution in [2.24, 2.45) is 17.8 Å². The largest absolute Gasteiger partial charge is 0.459 e. The number of nitrogens with one attached hydrogen (secondary N) is 1. The van der Waals surface area contributed by atoms with Crippen LogP contribution in [0, 0.1) is 17.8 Å². The zero-order chi connectivity index (χ0) is 15.9. The van der Waals surface area contributed by atoms with E-state index in [4.69, 9.17) is 14.6 Å². The Kier molecular flexibility index (Phi) is 6.70. The second-order valence-electron chi connectivity index (χ2n) is 6.68. The average molecular weight is 311 g/mol. The fourth-order valence-electron chi connectivity index (χ4n) is 2.48. The van der Waals surface area contributed by atoms with Crippen LogP contribution < -0.4 is 5.32 Å². The minimum absolute atomic E-state index is 0.124. The molecule has 22 heavy (non-hydrogen) atoms. The number of rotatable bonds is 9. The predicted octanol–water partition coefficient (Wildman–Crippen LogP) is 2.20. The first kappa shape index (κ1) is 17.3. The molecule has 2 atom stereocenters. The molecule has 0 spiro atoms. The third-order valence-corrected chi connectivity index (χ3v) is 4.27. The van der Waals surface area contributed by atoms with E-state index in [1.54, 1.807) is 0 Å². The normalized spacial score (nSPS) is 24.8. The van der Waals surface area contributed by atoms with E-state index in [1.165, 1.54) is 12.8 Å². The summed E-state index contributed by atoms with van der Waals surface area (Å²) in [5.74, 6) is 1.66. The van der Waals surface area contributed by atoms with E-state index in [1.807, 2.05) is 6.08 Å². The first-order chi connectivity index (χ1) is 10.6. The van der Waals surface area contributed by atoms with E-state index < -0.39 is 0 Å². The molecule has 0 aromatic heterocycles. The van der Waals surface area contributed by atoms with Gasteiger partial charge in [-0.05, 0) is 49.5 Å². The molecule has 5 heteroatoms. The Morgan fingerprint density at radius 2 is 2.23 bits per heavy atom. The minimum atomic E-state index is -0.363. The summed E-state index contributed by atoms with van der Waals surface area (Å²) in [6.45, 7) is 5.77. The standard InChI is InChI=1S/C17H29NO4/c1-12(2)14-9-15(17(20)18-11-13-5-6-13)22-16(10-14)21-8-4-3-7-19/h9,12-14,16,19H,3-8,10-11H2,1-2H3,(H,18,20)/t14-,16+/m0/s1. The zero-order valence-corrected chi connectivity index (χ0v) is 13.7. The fraction of sp³-hybridized carbons (Fsp3) is 0.824. The molecular formula is C17H29NO4. The maximum atomic E-state index is 12.2. The summed E-state index contributed by atoms with van der Waals surface area (Å²) in [6, 6.07) is 0. The van der Waals surface area contributed by atoms with E-state index in [2.05, 4.69) is 19.2 Å². The monoisotopic (exact) mass is 311 g/mol. The molecule has 1 aliphatic heterocycles. The Morgan fingerprint density at radius 3 is 2.86 bits per heavy atom. The number of hydrogen-bond acceptors (Lipinski definition) is 4. The number of carbonyl (C=O) groups is 1. The lowest BCUT2D eigenvalue weighted by Crippen LogP contribution is -2.35. The van der Waals surface area contributed by atoms with Crippen molar-refractivity contribution < 1.29 is 19.4 Å². The fourth-order valence-corrected chi connectivity index (χ4v) is 2.48. The van der Waals surface area contributed by atoms with Crippen LogP contribution in [0.1, 0.15) is 46.0 Å². The molecule has 0 radical (unpaired) electrons. The van der Waals surface area contributed by atoms with Crippen LogP contribution in [0.2, 0.25) is 0 Å². The predicted molar refractivity (Wildman–Crippen MR) is 83.9 cm³/mol. The Bertz CT molecular complexity index is 390. The van der Waals surface area contributed by atoms with Crippen molar-refractivity contribution in [1.82, 2.24) is 5.32 Å². The first-order valence-corrected chi connectivity index (χ1v) is 8.49. The van der Waals surface area contributed by atoms with Gasteiger partial charge < -0.3 is 19.9 Å². The van der Waals surface area contributed by atoms with Gasteiger partial charge >= 0.3 is 0 Å². The van der Waals surface area contributed by atoms with E-state index in [0.29, 0.717) is 30.1 Å². The Labute approximate surface area is 133 Å². The van der Waals surface area contributed by atoms with Crippen molar-refractivity contribution >= 4 is 5.91 Å². The second-order valence-corrected chi connectivity index (χ2v) is 6.68. The van der Waals surface area contributed by atoms with Crippen LogP contribution in [-0.4, -0.2) is 37.1 Å². The molecule has 5 nitrogen and oxygen atoms in total. The topological polar surface area (TPSA) is 67.8 Å². The van der Waals surface area contributed by atoms with Crippen LogP contribution in [0.25, 0.3) is 0 Å². The van der Waals surface area contributed by atoms with Crippen molar-refractivity contribution in [3.63, 3.8) is 0 Å². The highest BCUT2D eigenvalue weighted by molar-refractivity contribution is 5.91. The number of hydrogen-bond donors (Lipinski definition) is 2. The number of ether oxygens (including phenoxy) is 2. The lowest BCUT2D eigenvalue weighted by molar-refractivity contribution is -0.150. The van der Waals surface area contributed by atoms with E-state index in [0.717, 1.165) is 25.8 Å². The van der Waals surface area contributed by atoms with Gasteiger partial charge in [0.15, 0.2) is 5.76 Å². The van der Waals surface area contributed by atoms with Crippen LogP contribution in [0.15, 0.2) is 11.8 Å². The summed E-state index contributed by atoms with van der Waals surface area (Å²) in [7, 11) is 0.